The Kier molecular flexibility index (Phi) is 6.80. The van der Waals surface area contributed by atoms with Gasteiger partial charge in [0, 0.05) is 13.8 Å². The lowest BCUT2D eigenvalue weighted by atomic mass is 9.98. The number of hydrogen-bond donors (Lipinski definition) is 0. The van der Waals surface area contributed by atoms with Gasteiger partial charge in [-0.25, -0.2) is 0 Å². The van der Waals surface area contributed by atoms with Gasteiger partial charge in [0.2, 0.25) is 6.29 Å². The summed E-state index contributed by atoms with van der Waals surface area (Å²) in [5.74, 6) is -0.643. The molecule has 0 aromatic rings. The summed E-state index contributed by atoms with van der Waals surface area (Å²) < 4.78 is 9.85. The molecule has 0 N–H and O–H groups in total. The molecule has 0 heterocycles. The predicted octanol–water partition coefficient (Wildman–Crippen LogP) is 1.42. The SMILES string of the molecule is CC[C@@H](C)[C@H](C(=O)OC(C)OC(C)=O)N(C)C. The Labute approximate surface area is 103 Å². The van der Waals surface area contributed by atoms with Gasteiger partial charge in [0.25, 0.3) is 0 Å². The van der Waals surface area contributed by atoms with E-state index in [0.29, 0.717) is 0 Å². The van der Waals surface area contributed by atoms with E-state index in [0.717, 1.165) is 6.42 Å². The summed E-state index contributed by atoms with van der Waals surface area (Å²) >= 11 is 0. The maximum Gasteiger partial charge on any atom is 0.326 e. The number of carbonyl (C=O) groups is 2. The second kappa shape index (κ2) is 7.27. The van der Waals surface area contributed by atoms with Crippen molar-refractivity contribution in [1.29, 1.82) is 0 Å². The quantitative estimate of drug-likeness (QED) is 0.523. The number of carbonyl (C=O) groups excluding carboxylic acids is 2. The van der Waals surface area contributed by atoms with Gasteiger partial charge < -0.3 is 9.47 Å². The Morgan fingerprint density at radius 2 is 1.71 bits per heavy atom. The van der Waals surface area contributed by atoms with E-state index in [-0.39, 0.29) is 17.9 Å². The van der Waals surface area contributed by atoms with Crippen LogP contribution >= 0.6 is 0 Å². The van der Waals surface area contributed by atoms with Crippen molar-refractivity contribution in [3.8, 4) is 0 Å². The summed E-state index contributed by atoms with van der Waals surface area (Å²) in [7, 11) is 3.66. The minimum Gasteiger partial charge on any atom is -0.426 e. The largest absolute Gasteiger partial charge is 0.426 e. The number of hydrogen-bond acceptors (Lipinski definition) is 5. The maximum absolute atomic E-state index is 11.9. The molecule has 100 valence electrons. The zero-order valence-electron chi connectivity index (χ0n) is 11.5. The summed E-state index contributed by atoms with van der Waals surface area (Å²) in [6.45, 7) is 6.82. The molecule has 0 radical (unpaired) electrons. The van der Waals surface area contributed by atoms with Crippen molar-refractivity contribution in [1.82, 2.24) is 4.90 Å². The highest BCUT2D eigenvalue weighted by molar-refractivity contribution is 5.76. The van der Waals surface area contributed by atoms with Crippen LogP contribution in [0.4, 0.5) is 0 Å². The van der Waals surface area contributed by atoms with Crippen LogP contribution in [0.25, 0.3) is 0 Å². The maximum atomic E-state index is 11.9. The van der Waals surface area contributed by atoms with Crippen molar-refractivity contribution in [2.24, 2.45) is 5.92 Å². The number of rotatable bonds is 6. The van der Waals surface area contributed by atoms with Crippen molar-refractivity contribution in [2.45, 2.75) is 46.4 Å². The lowest BCUT2D eigenvalue weighted by Crippen LogP contribution is -2.43. The van der Waals surface area contributed by atoms with Crippen molar-refractivity contribution < 1.29 is 19.1 Å². The molecular formula is C12H23NO4. The molecule has 0 bridgehead atoms. The minimum atomic E-state index is -0.841. The Morgan fingerprint density at radius 1 is 1.18 bits per heavy atom. The molecule has 3 atom stereocenters. The number of esters is 2. The lowest BCUT2D eigenvalue weighted by molar-refractivity contribution is -0.187. The Hall–Kier alpha value is -1.10. The van der Waals surface area contributed by atoms with Gasteiger partial charge >= 0.3 is 11.9 Å². The van der Waals surface area contributed by atoms with Gasteiger partial charge in [-0.1, -0.05) is 20.3 Å². The van der Waals surface area contributed by atoms with E-state index < -0.39 is 12.3 Å². The molecule has 0 amide bonds. The molecule has 0 saturated carbocycles. The van der Waals surface area contributed by atoms with Crippen LogP contribution in [0.3, 0.4) is 0 Å². The summed E-state index contributed by atoms with van der Waals surface area (Å²) in [5, 5.41) is 0. The first-order valence-corrected chi connectivity index (χ1v) is 5.83. The zero-order chi connectivity index (χ0) is 13.6. The molecule has 0 aliphatic rings. The van der Waals surface area contributed by atoms with Crippen molar-refractivity contribution >= 4 is 11.9 Å². The highest BCUT2D eigenvalue weighted by Gasteiger charge is 2.29. The van der Waals surface area contributed by atoms with Crippen LogP contribution in [-0.2, 0) is 19.1 Å². The van der Waals surface area contributed by atoms with E-state index >= 15 is 0 Å². The van der Waals surface area contributed by atoms with E-state index in [9.17, 15) is 9.59 Å². The van der Waals surface area contributed by atoms with Crippen LogP contribution in [0.1, 0.15) is 34.1 Å². The van der Waals surface area contributed by atoms with Gasteiger partial charge in [0.15, 0.2) is 0 Å². The minimum absolute atomic E-state index is 0.182. The molecule has 0 saturated heterocycles. The van der Waals surface area contributed by atoms with Crippen LogP contribution in [0.2, 0.25) is 0 Å². The first kappa shape index (κ1) is 15.9. The van der Waals surface area contributed by atoms with Crippen LogP contribution < -0.4 is 0 Å². The Bertz CT molecular complexity index is 265. The van der Waals surface area contributed by atoms with Gasteiger partial charge in [-0.3, -0.25) is 14.5 Å². The van der Waals surface area contributed by atoms with Gasteiger partial charge in [0.1, 0.15) is 6.04 Å². The molecular weight excluding hydrogens is 222 g/mol. The summed E-state index contributed by atoms with van der Waals surface area (Å²) in [5.41, 5.74) is 0. The Morgan fingerprint density at radius 3 is 2.06 bits per heavy atom. The lowest BCUT2D eigenvalue weighted by Gasteiger charge is -2.28. The topological polar surface area (TPSA) is 55.8 Å². The fourth-order valence-electron chi connectivity index (χ4n) is 1.67. The third kappa shape index (κ3) is 5.68. The van der Waals surface area contributed by atoms with Crippen LogP contribution in [0, 0.1) is 5.92 Å². The third-order valence-electron chi connectivity index (χ3n) is 2.59. The van der Waals surface area contributed by atoms with E-state index in [1.807, 2.05) is 32.8 Å². The highest BCUT2D eigenvalue weighted by atomic mass is 16.7. The van der Waals surface area contributed by atoms with E-state index in [4.69, 9.17) is 9.47 Å². The number of nitrogens with zero attached hydrogens (tertiary/aromatic N) is 1. The van der Waals surface area contributed by atoms with Crippen molar-refractivity contribution in [3.63, 3.8) is 0 Å². The molecule has 5 nitrogen and oxygen atoms in total. The van der Waals surface area contributed by atoms with E-state index in [1.165, 1.54) is 13.8 Å². The molecule has 1 unspecified atom stereocenters. The van der Waals surface area contributed by atoms with Gasteiger partial charge in [-0.05, 0) is 20.0 Å². The van der Waals surface area contributed by atoms with Crippen LogP contribution in [0.5, 0.6) is 0 Å². The molecule has 5 heteroatoms. The standard InChI is InChI=1S/C12H23NO4/c1-7-8(2)11(13(5)6)12(15)17-10(4)16-9(3)14/h8,10-11H,7H2,1-6H3/t8-,10?,11-/m1/s1. The van der Waals surface area contributed by atoms with Crippen molar-refractivity contribution in [2.75, 3.05) is 14.1 Å². The van der Waals surface area contributed by atoms with E-state index in [2.05, 4.69) is 0 Å². The molecule has 0 aromatic carbocycles. The summed E-state index contributed by atoms with van der Waals surface area (Å²) in [4.78, 5) is 24.4. The number of ether oxygens (including phenoxy) is 2. The summed E-state index contributed by atoms with van der Waals surface area (Å²) in [6, 6.07) is -0.321. The van der Waals surface area contributed by atoms with Gasteiger partial charge in [-0.2, -0.15) is 0 Å². The monoisotopic (exact) mass is 245 g/mol. The molecule has 0 aliphatic carbocycles. The normalized spacial score (nSPS) is 16.2. The van der Waals surface area contributed by atoms with Gasteiger partial charge in [-0.15, -0.1) is 0 Å². The second-order valence-corrected chi connectivity index (χ2v) is 4.41. The molecule has 0 rings (SSSR count). The molecule has 17 heavy (non-hydrogen) atoms. The molecule has 0 fully saturated rings. The predicted molar refractivity (Wildman–Crippen MR) is 64.3 cm³/mol. The average Bonchev–Trinajstić information content (AvgIpc) is 2.14. The zero-order valence-corrected chi connectivity index (χ0v) is 11.5. The summed E-state index contributed by atoms with van der Waals surface area (Å²) in [6.07, 6.45) is 0.0337. The van der Waals surface area contributed by atoms with Crippen LogP contribution in [-0.4, -0.2) is 43.3 Å². The Balaban J connectivity index is 4.48. The molecule has 0 spiro atoms. The third-order valence-corrected chi connectivity index (χ3v) is 2.59. The van der Waals surface area contributed by atoms with Crippen molar-refractivity contribution in [3.05, 3.63) is 0 Å². The number of likely N-dealkylation sites (N-methyl/N-ethyl adjacent to an activating group) is 1. The fraction of sp³-hybridized carbons (Fsp3) is 0.833. The average molecular weight is 245 g/mol. The first-order chi connectivity index (χ1) is 7.79. The van der Waals surface area contributed by atoms with Crippen LogP contribution in [0.15, 0.2) is 0 Å². The fourth-order valence-corrected chi connectivity index (χ4v) is 1.67. The second-order valence-electron chi connectivity index (χ2n) is 4.41. The highest BCUT2D eigenvalue weighted by Crippen LogP contribution is 2.14. The van der Waals surface area contributed by atoms with E-state index in [1.54, 1.807) is 0 Å². The smallest absolute Gasteiger partial charge is 0.326 e. The molecule has 0 aromatic heterocycles. The molecule has 0 aliphatic heterocycles. The first-order valence-electron chi connectivity index (χ1n) is 5.83. The van der Waals surface area contributed by atoms with Gasteiger partial charge in [0.05, 0.1) is 0 Å².